The predicted molar refractivity (Wildman–Crippen MR) is 85.1 cm³/mol. The number of nitrogen functional groups attached to an aromatic ring is 1. The zero-order chi connectivity index (χ0) is 14.5. The van der Waals surface area contributed by atoms with Gasteiger partial charge in [-0.05, 0) is 51.0 Å². The minimum Gasteiger partial charge on any atom is -0.384 e. The number of likely N-dealkylation sites (tertiary alicyclic amines) is 1. The smallest absolute Gasteiger partial charge is 0.166 e. The molecule has 1 aliphatic rings. The molecule has 3 heterocycles. The van der Waals surface area contributed by atoms with Crippen LogP contribution in [0.15, 0.2) is 18.5 Å². The van der Waals surface area contributed by atoms with Crippen LogP contribution in [0.4, 0.5) is 11.6 Å². The van der Waals surface area contributed by atoms with Gasteiger partial charge in [0.1, 0.15) is 18.0 Å². The molecule has 0 unspecified atom stereocenters. The molecule has 0 radical (unpaired) electrons. The number of pyridine rings is 1. The average molecular weight is 286 g/mol. The number of hydrogen-bond acceptors (Lipinski definition) is 6. The second-order valence-electron chi connectivity index (χ2n) is 5.51. The van der Waals surface area contributed by atoms with Gasteiger partial charge in [0, 0.05) is 6.54 Å². The normalized spacial score (nSPS) is 16.2. The van der Waals surface area contributed by atoms with E-state index in [0.29, 0.717) is 11.5 Å². The van der Waals surface area contributed by atoms with Gasteiger partial charge in [0.15, 0.2) is 5.65 Å². The van der Waals surface area contributed by atoms with Crippen LogP contribution in [-0.2, 0) is 0 Å². The quantitative estimate of drug-likeness (QED) is 0.817. The van der Waals surface area contributed by atoms with Crippen molar-refractivity contribution < 1.29 is 0 Å². The van der Waals surface area contributed by atoms with E-state index in [1.807, 2.05) is 6.07 Å². The summed E-state index contributed by atoms with van der Waals surface area (Å²) in [5.41, 5.74) is 6.32. The summed E-state index contributed by atoms with van der Waals surface area (Å²) < 4.78 is 0. The molecule has 0 saturated carbocycles. The Bertz CT molecular complexity index is 594. The molecular weight excluding hydrogens is 264 g/mol. The van der Waals surface area contributed by atoms with Crippen molar-refractivity contribution in [3.05, 3.63) is 18.5 Å². The minimum absolute atomic E-state index is 0.484. The number of piperidine rings is 1. The fraction of sp³-hybridized carbons (Fsp3) is 0.533. The molecule has 0 bridgehead atoms. The Kier molecular flexibility index (Phi) is 4.45. The summed E-state index contributed by atoms with van der Waals surface area (Å²) >= 11 is 0. The average Bonchev–Trinajstić information content (AvgIpc) is 2.52. The highest BCUT2D eigenvalue weighted by Crippen LogP contribution is 2.18. The summed E-state index contributed by atoms with van der Waals surface area (Å²) in [6, 6.07) is 3.70. The van der Waals surface area contributed by atoms with E-state index in [9.17, 15) is 0 Å². The molecule has 0 amide bonds. The number of nitrogens with zero attached hydrogens (tertiary/aromatic N) is 4. The highest BCUT2D eigenvalue weighted by molar-refractivity contribution is 5.86. The maximum Gasteiger partial charge on any atom is 0.166 e. The fourth-order valence-corrected chi connectivity index (χ4v) is 2.79. The molecule has 1 saturated heterocycles. The standard InChI is InChI=1S/C15H22N6/c16-13-6-5-12-14(18-11-19-15(12)20-13)17-7-4-10-21-8-2-1-3-9-21/h5-6,11H,1-4,7-10H2,(H3,16,17,18,19,20). The summed E-state index contributed by atoms with van der Waals surface area (Å²) in [5, 5.41) is 4.31. The Hall–Kier alpha value is -1.95. The van der Waals surface area contributed by atoms with Gasteiger partial charge in [-0.3, -0.25) is 0 Å². The highest BCUT2D eigenvalue weighted by atomic mass is 15.1. The molecule has 2 aromatic rings. The van der Waals surface area contributed by atoms with Crippen molar-refractivity contribution in [1.82, 2.24) is 19.9 Å². The van der Waals surface area contributed by atoms with Crippen molar-refractivity contribution in [3.8, 4) is 0 Å². The monoisotopic (exact) mass is 286 g/mol. The minimum atomic E-state index is 0.484. The second-order valence-corrected chi connectivity index (χ2v) is 5.51. The number of nitrogens with one attached hydrogen (secondary N) is 1. The molecule has 1 aliphatic heterocycles. The van der Waals surface area contributed by atoms with Crippen LogP contribution in [0.3, 0.4) is 0 Å². The Balaban J connectivity index is 1.55. The number of rotatable bonds is 5. The van der Waals surface area contributed by atoms with Crippen LogP contribution in [-0.4, -0.2) is 46.0 Å². The first kappa shape index (κ1) is 14.0. The van der Waals surface area contributed by atoms with E-state index in [-0.39, 0.29) is 0 Å². The van der Waals surface area contributed by atoms with Gasteiger partial charge >= 0.3 is 0 Å². The maximum atomic E-state index is 5.68. The molecule has 3 rings (SSSR count). The molecule has 0 atom stereocenters. The largest absolute Gasteiger partial charge is 0.384 e. The van der Waals surface area contributed by atoms with E-state index in [1.54, 1.807) is 6.07 Å². The summed E-state index contributed by atoms with van der Waals surface area (Å²) in [6.07, 6.45) is 6.72. The van der Waals surface area contributed by atoms with Gasteiger partial charge in [0.2, 0.25) is 0 Å². The first-order chi connectivity index (χ1) is 10.3. The van der Waals surface area contributed by atoms with Crippen LogP contribution in [0.5, 0.6) is 0 Å². The highest BCUT2D eigenvalue weighted by Gasteiger charge is 2.09. The van der Waals surface area contributed by atoms with Crippen LogP contribution in [0.2, 0.25) is 0 Å². The summed E-state index contributed by atoms with van der Waals surface area (Å²) in [4.78, 5) is 15.2. The molecule has 0 spiro atoms. The summed E-state index contributed by atoms with van der Waals surface area (Å²) in [5.74, 6) is 1.32. The Morgan fingerprint density at radius 2 is 2.00 bits per heavy atom. The number of hydrogen-bond donors (Lipinski definition) is 2. The second kappa shape index (κ2) is 6.67. The third-order valence-corrected chi connectivity index (χ3v) is 3.91. The lowest BCUT2D eigenvalue weighted by molar-refractivity contribution is 0.228. The maximum absolute atomic E-state index is 5.68. The lowest BCUT2D eigenvalue weighted by Crippen LogP contribution is -2.31. The first-order valence-electron chi connectivity index (χ1n) is 7.66. The lowest BCUT2D eigenvalue weighted by Gasteiger charge is -2.26. The summed E-state index contributed by atoms with van der Waals surface area (Å²) in [6.45, 7) is 4.56. The molecular formula is C15H22N6. The molecule has 1 fully saturated rings. The van der Waals surface area contributed by atoms with E-state index in [1.165, 1.54) is 38.7 Å². The van der Waals surface area contributed by atoms with Gasteiger partial charge in [0.05, 0.1) is 5.39 Å². The van der Waals surface area contributed by atoms with Gasteiger partial charge in [-0.2, -0.15) is 0 Å². The summed E-state index contributed by atoms with van der Waals surface area (Å²) in [7, 11) is 0. The molecule has 6 nitrogen and oxygen atoms in total. The third kappa shape index (κ3) is 3.58. The van der Waals surface area contributed by atoms with Crippen LogP contribution in [0.25, 0.3) is 11.0 Å². The molecule has 0 aliphatic carbocycles. The molecule has 0 aromatic carbocycles. The first-order valence-corrected chi connectivity index (χ1v) is 7.66. The lowest BCUT2D eigenvalue weighted by atomic mass is 10.1. The third-order valence-electron chi connectivity index (χ3n) is 3.91. The number of nitrogens with two attached hydrogens (primary N) is 1. The van der Waals surface area contributed by atoms with Crippen molar-refractivity contribution in [2.24, 2.45) is 0 Å². The van der Waals surface area contributed by atoms with Gasteiger partial charge in [-0.15, -0.1) is 0 Å². The van der Waals surface area contributed by atoms with E-state index < -0.39 is 0 Å². The molecule has 2 aromatic heterocycles. The van der Waals surface area contributed by atoms with E-state index in [4.69, 9.17) is 5.73 Å². The SMILES string of the molecule is Nc1ccc2c(NCCCN3CCCCC3)ncnc2n1. The van der Waals surface area contributed by atoms with Crippen molar-refractivity contribution in [2.75, 3.05) is 37.2 Å². The van der Waals surface area contributed by atoms with Crippen LogP contribution in [0.1, 0.15) is 25.7 Å². The van der Waals surface area contributed by atoms with Crippen molar-refractivity contribution in [2.45, 2.75) is 25.7 Å². The number of aromatic nitrogens is 3. The van der Waals surface area contributed by atoms with E-state index in [2.05, 4.69) is 25.2 Å². The Labute approximate surface area is 124 Å². The Morgan fingerprint density at radius 3 is 2.86 bits per heavy atom. The topological polar surface area (TPSA) is 80.0 Å². The van der Waals surface area contributed by atoms with Gasteiger partial charge in [0.25, 0.3) is 0 Å². The van der Waals surface area contributed by atoms with Gasteiger partial charge < -0.3 is 16.0 Å². The van der Waals surface area contributed by atoms with Gasteiger partial charge in [-0.1, -0.05) is 6.42 Å². The molecule has 3 N–H and O–H groups in total. The zero-order valence-electron chi connectivity index (χ0n) is 12.3. The van der Waals surface area contributed by atoms with Gasteiger partial charge in [-0.25, -0.2) is 15.0 Å². The van der Waals surface area contributed by atoms with Crippen LogP contribution < -0.4 is 11.1 Å². The zero-order valence-corrected chi connectivity index (χ0v) is 12.3. The number of fused-ring (bicyclic) bond motifs is 1. The molecule has 21 heavy (non-hydrogen) atoms. The van der Waals surface area contributed by atoms with E-state index >= 15 is 0 Å². The van der Waals surface area contributed by atoms with Crippen LogP contribution >= 0.6 is 0 Å². The molecule has 6 heteroatoms. The predicted octanol–water partition coefficient (Wildman–Crippen LogP) is 1.89. The van der Waals surface area contributed by atoms with Crippen LogP contribution in [0, 0.1) is 0 Å². The fourth-order valence-electron chi connectivity index (χ4n) is 2.79. The molecule has 112 valence electrons. The van der Waals surface area contributed by atoms with Crippen molar-refractivity contribution >= 4 is 22.7 Å². The Morgan fingerprint density at radius 1 is 1.14 bits per heavy atom. The number of anilines is 2. The van der Waals surface area contributed by atoms with E-state index in [0.717, 1.165) is 30.7 Å². The van der Waals surface area contributed by atoms with Crippen molar-refractivity contribution in [1.29, 1.82) is 0 Å². The van der Waals surface area contributed by atoms with Crippen molar-refractivity contribution in [3.63, 3.8) is 0 Å².